The smallest absolute Gasteiger partial charge is 0.319 e. The molecule has 1 aromatic rings. The average Bonchev–Trinajstić information content (AvgIpc) is 2.45. The molecule has 0 heterocycles. The quantitative estimate of drug-likeness (QED) is 0.759. The van der Waals surface area contributed by atoms with E-state index >= 15 is 0 Å². The molecule has 116 valence electrons. The zero-order chi connectivity index (χ0) is 15.7. The number of unbranched alkanes of at least 4 members (excludes halogenated alkanes) is 2. The Morgan fingerprint density at radius 3 is 2.57 bits per heavy atom. The molecule has 0 radical (unpaired) electrons. The first-order chi connectivity index (χ1) is 10.0. The number of para-hydroxylation sites is 1. The van der Waals surface area contributed by atoms with Gasteiger partial charge in [0.25, 0.3) is 0 Å². The number of nitrogens with one attached hydrogen (secondary N) is 2. The summed E-state index contributed by atoms with van der Waals surface area (Å²) < 4.78 is 0. The molecule has 1 rings (SSSR count). The Labute approximate surface area is 126 Å². The van der Waals surface area contributed by atoms with E-state index in [0.717, 1.165) is 30.5 Å². The van der Waals surface area contributed by atoms with Crippen LogP contribution < -0.4 is 10.6 Å². The molecule has 1 aromatic carbocycles. The van der Waals surface area contributed by atoms with Crippen molar-refractivity contribution in [3.05, 3.63) is 29.8 Å². The molecule has 0 unspecified atom stereocenters. The van der Waals surface area contributed by atoms with Gasteiger partial charge < -0.3 is 15.5 Å². The SMILES string of the molecule is CCCCCNC(=O)Nc1ccccc1CN(C)C(C)=O. The van der Waals surface area contributed by atoms with Gasteiger partial charge in [-0.25, -0.2) is 4.79 Å². The summed E-state index contributed by atoms with van der Waals surface area (Å²) in [4.78, 5) is 24.8. The fourth-order valence-electron chi connectivity index (χ4n) is 1.89. The Morgan fingerprint density at radius 1 is 1.19 bits per heavy atom. The average molecular weight is 291 g/mol. The third kappa shape index (κ3) is 6.29. The summed E-state index contributed by atoms with van der Waals surface area (Å²) in [6.45, 7) is 4.80. The molecule has 3 amide bonds. The van der Waals surface area contributed by atoms with E-state index in [2.05, 4.69) is 17.6 Å². The summed E-state index contributed by atoms with van der Waals surface area (Å²) in [5, 5.41) is 5.68. The highest BCUT2D eigenvalue weighted by Gasteiger charge is 2.09. The number of amides is 3. The van der Waals surface area contributed by atoms with Gasteiger partial charge in [-0.05, 0) is 18.1 Å². The van der Waals surface area contributed by atoms with Crippen molar-refractivity contribution in [1.29, 1.82) is 0 Å². The minimum atomic E-state index is -0.205. The second-order valence-corrected chi connectivity index (χ2v) is 5.12. The van der Waals surface area contributed by atoms with Gasteiger partial charge in [-0.1, -0.05) is 38.0 Å². The number of rotatable bonds is 7. The number of carbonyl (C=O) groups excluding carboxylic acids is 2. The number of hydrogen-bond acceptors (Lipinski definition) is 2. The van der Waals surface area contributed by atoms with E-state index in [9.17, 15) is 9.59 Å². The highest BCUT2D eigenvalue weighted by atomic mass is 16.2. The number of hydrogen-bond donors (Lipinski definition) is 2. The van der Waals surface area contributed by atoms with Crippen molar-refractivity contribution in [3.8, 4) is 0 Å². The van der Waals surface area contributed by atoms with Gasteiger partial charge in [0.2, 0.25) is 5.91 Å². The molecule has 2 N–H and O–H groups in total. The highest BCUT2D eigenvalue weighted by Crippen LogP contribution is 2.16. The number of benzene rings is 1. The lowest BCUT2D eigenvalue weighted by Crippen LogP contribution is -2.30. The molecule has 0 atom stereocenters. The van der Waals surface area contributed by atoms with E-state index < -0.39 is 0 Å². The van der Waals surface area contributed by atoms with Crippen molar-refractivity contribution in [2.45, 2.75) is 39.7 Å². The van der Waals surface area contributed by atoms with Crippen LogP contribution in [0.2, 0.25) is 0 Å². The van der Waals surface area contributed by atoms with Gasteiger partial charge in [0.05, 0.1) is 0 Å². The molecule has 5 heteroatoms. The monoisotopic (exact) mass is 291 g/mol. The van der Waals surface area contributed by atoms with Crippen LogP contribution in [0.5, 0.6) is 0 Å². The predicted molar refractivity (Wildman–Crippen MR) is 85.1 cm³/mol. The fourth-order valence-corrected chi connectivity index (χ4v) is 1.89. The lowest BCUT2D eigenvalue weighted by atomic mass is 10.1. The largest absolute Gasteiger partial charge is 0.342 e. The third-order valence-corrected chi connectivity index (χ3v) is 3.28. The van der Waals surface area contributed by atoms with E-state index in [1.54, 1.807) is 11.9 Å². The Bertz CT molecular complexity index is 474. The maximum absolute atomic E-state index is 11.8. The van der Waals surface area contributed by atoms with Crippen LogP contribution in [0.25, 0.3) is 0 Å². The van der Waals surface area contributed by atoms with Crippen LogP contribution in [-0.4, -0.2) is 30.4 Å². The normalized spacial score (nSPS) is 10.0. The van der Waals surface area contributed by atoms with Crippen molar-refractivity contribution in [1.82, 2.24) is 10.2 Å². The zero-order valence-corrected chi connectivity index (χ0v) is 13.1. The molecule has 0 aliphatic rings. The molecule has 0 aliphatic heterocycles. The topological polar surface area (TPSA) is 61.4 Å². The van der Waals surface area contributed by atoms with Crippen LogP contribution in [0.15, 0.2) is 24.3 Å². The molecular formula is C16H25N3O2. The zero-order valence-electron chi connectivity index (χ0n) is 13.1. The van der Waals surface area contributed by atoms with Crippen LogP contribution in [-0.2, 0) is 11.3 Å². The van der Waals surface area contributed by atoms with Gasteiger partial charge in [0.1, 0.15) is 0 Å². The Balaban J connectivity index is 2.58. The lowest BCUT2D eigenvalue weighted by Gasteiger charge is -2.18. The first kappa shape index (κ1) is 17.0. The van der Waals surface area contributed by atoms with Crippen molar-refractivity contribution >= 4 is 17.6 Å². The van der Waals surface area contributed by atoms with Gasteiger partial charge in [0.15, 0.2) is 0 Å². The maximum atomic E-state index is 11.8. The second-order valence-electron chi connectivity index (χ2n) is 5.12. The van der Waals surface area contributed by atoms with E-state index in [0.29, 0.717) is 13.1 Å². The molecule has 0 spiro atoms. The van der Waals surface area contributed by atoms with Gasteiger partial charge in [-0.2, -0.15) is 0 Å². The minimum Gasteiger partial charge on any atom is -0.342 e. The number of nitrogens with zero attached hydrogens (tertiary/aromatic N) is 1. The van der Waals surface area contributed by atoms with Gasteiger partial charge in [-0.3, -0.25) is 4.79 Å². The van der Waals surface area contributed by atoms with Gasteiger partial charge in [0, 0.05) is 32.7 Å². The highest BCUT2D eigenvalue weighted by molar-refractivity contribution is 5.90. The van der Waals surface area contributed by atoms with Gasteiger partial charge >= 0.3 is 6.03 Å². The predicted octanol–water partition coefficient (Wildman–Crippen LogP) is 2.98. The Hall–Kier alpha value is -2.04. The molecule has 0 saturated carbocycles. The fraction of sp³-hybridized carbons (Fsp3) is 0.500. The minimum absolute atomic E-state index is 0.00572. The molecular weight excluding hydrogens is 266 g/mol. The van der Waals surface area contributed by atoms with Crippen LogP contribution >= 0.6 is 0 Å². The van der Waals surface area contributed by atoms with Crippen LogP contribution in [0.1, 0.15) is 38.7 Å². The summed E-state index contributed by atoms with van der Waals surface area (Å²) in [7, 11) is 1.74. The third-order valence-electron chi connectivity index (χ3n) is 3.28. The Morgan fingerprint density at radius 2 is 1.90 bits per heavy atom. The van der Waals surface area contributed by atoms with Gasteiger partial charge in [-0.15, -0.1) is 0 Å². The number of carbonyl (C=O) groups is 2. The van der Waals surface area contributed by atoms with E-state index in [1.165, 1.54) is 6.92 Å². The summed E-state index contributed by atoms with van der Waals surface area (Å²) in [5.74, 6) is -0.00572. The summed E-state index contributed by atoms with van der Waals surface area (Å²) in [6.07, 6.45) is 3.22. The van der Waals surface area contributed by atoms with Crippen LogP contribution in [0.4, 0.5) is 10.5 Å². The number of urea groups is 1. The molecule has 0 aromatic heterocycles. The molecule has 0 saturated heterocycles. The van der Waals surface area contributed by atoms with E-state index in [4.69, 9.17) is 0 Å². The first-order valence-electron chi connectivity index (χ1n) is 7.39. The Kier molecular flexibility index (Phi) is 7.29. The summed E-state index contributed by atoms with van der Waals surface area (Å²) >= 11 is 0. The molecule has 21 heavy (non-hydrogen) atoms. The van der Waals surface area contributed by atoms with Crippen molar-refractivity contribution in [3.63, 3.8) is 0 Å². The van der Waals surface area contributed by atoms with Crippen LogP contribution in [0, 0.1) is 0 Å². The molecule has 0 aliphatic carbocycles. The molecule has 5 nitrogen and oxygen atoms in total. The maximum Gasteiger partial charge on any atom is 0.319 e. The summed E-state index contributed by atoms with van der Waals surface area (Å²) in [6, 6.07) is 7.31. The van der Waals surface area contributed by atoms with Crippen LogP contribution in [0.3, 0.4) is 0 Å². The summed E-state index contributed by atoms with van der Waals surface area (Å²) in [5.41, 5.74) is 1.65. The molecule has 0 fully saturated rings. The lowest BCUT2D eigenvalue weighted by molar-refractivity contribution is -0.128. The second kappa shape index (κ2) is 9.00. The van der Waals surface area contributed by atoms with Crippen molar-refractivity contribution < 1.29 is 9.59 Å². The standard InChI is InChI=1S/C16H25N3O2/c1-4-5-8-11-17-16(21)18-15-10-7-6-9-14(15)12-19(3)13(2)20/h6-7,9-10H,4-5,8,11-12H2,1-3H3,(H2,17,18,21). The van der Waals surface area contributed by atoms with Crippen molar-refractivity contribution in [2.24, 2.45) is 0 Å². The van der Waals surface area contributed by atoms with E-state index in [1.807, 2.05) is 24.3 Å². The first-order valence-corrected chi connectivity index (χ1v) is 7.39. The number of anilines is 1. The van der Waals surface area contributed by atoms with Crippen molar-refractivity contribution in [2.75, 3.05) is 18.9 Å². The van der Waals surface area contributed by atoms with E-state index in [-0.39, 0.29) is 11.9 Å². The molecule has 0 bridgehead atoms.